The van der Waals surface area contributed by atoms with Gasteiger partial charge < -0.3 is 19.1 Å². The van der Waals surface area contributed by atoms with Crippen LogP contribution in [0.15, 0.2) is 41.0 Å². The van der Waals surface area contributed by atoms with Crippen LogP contribution in [0.3, 0.4) is 0 Å². The van der Waals surface area contributed by atoms with Gasteiger partial charge in [0.1, 0.15) is 18.5 Å². The summed E-state index contributed by atoms with van der Waals surface area (Å²) in [5.74, 6) is 0.339. The predicted molar refractivity (Wildman–Crippen MR) is 140 cm³/mol. The average molecular weight is 496 g/mol. The van der Waals surface area contributed by atoms with Gasteiger partial charge in [-0.05, 0) is 48.4 Å². The molecule has 1 saturated heterocycles. The minimum atomic E-state index is -0.679. The summed E-state index contributed by atoms with van der Waals surface area (Å²) in [5.41, 5.74) is 2.63. The number of carbonyl (C=O) groups is 2. The van der Waals surface area contributed by atoms with Gasteiger partial charge in [0.05, 0.1) is 19.3 Å². The van der Waals surface area contributed by atoms with Crippen molar-refractivity contribution < 1.29 is 23.8 Å². The van der Waals surface area contributed by atoms with Crippen molar-refractivity contribution in [2.75, 3.05) is 33.4 Å². The molecule has 1 aliphatic heterocycles. The van der Waals surface area contributed by atoms with Gasteiger partial charge >= 0.3 is 5.97 Å². The Morgan fingerprint density at radius 2 is 1.58 bits per heavy atom. The molecule has 1 fully saturated rings. The van der Waals surface area contributed by atoms with E-state index >= 15 is 0 Å². The molecular weight excluding hydrogens is 454 g/mol. The van der Waals surface area contributed by atoms with Gasteiger partial charge in [-0.3, -0.25) is 4.79 Å². The Labute approximate surface area is 215 Å². The Kier molecular flexibility index (Phi) is 6.89. The normalized spacial score (nSPS) is 27.9. The van der Waals surface area contributed by atoms with Crippen molar-refractivity contribution in [1.82, 2.24) is 4.90 Å². The van der Waals surface area contributed by atoms with Crippen LogP contribution in [0, 0.1) is 16.2 Å². The van der Waals surface area contributed by atoms with Crippen molar-refractivity contribution in [3.8, 4) is 5.75 Å². The van der Waals surface area contributed by atoms with E-state index in [0.717, 1.165) is 35.3 Å². The second-order valence-electron chi connectivity index (χ2n) is 11.2. The molecule has 1 heterocycles. The Morgan fingerprint density at radius 3 is 2.08 bits per heavy atom. The summed E-state index contributed by atoms with van der Waals surface area (Å²) in [7, 11) is 1.66. The number of benzene rings is 1. The molecular formula is C30H41NO5. The number of methoxy groups -OCH3 is 1. The van der Waals surface area contributed by atoms with Crippen LogP contribution in [0.1, 0.15) is 66.9 Å². The molecule has 6 nitrogen and oxygen atoms in total. The molecule has 0 spiro atoms. The monoisotopic (exact) mass is 495 g/mol. The summed E-state index contributed by atoms with van der Waals surface area (Å²) < 4.78 is 16.4. The highest BCUT2D eigenvalue weighted by Gasteiger charge is 2.72. The van der Waals surface area contributed by atoms with E-state index in [9.17, 15) is 9.59 Å². The van der Waals surface area contributed by atoms with E-state index in [2.05, 4.69) is 60.6 Å². The van der Waals surface area contributed by atoms with Crippen LogP contribution in [-0.4, -0.2) is 56.3 Å². The van der Waals surface area contributed by atoms with Gasteiger partial charge in [0.15, 0.2) is 0 Å². The summed E-state index contributed by atoms with van der Waals surface area (Å²) in [6.07, 6.45) is 1.68. The molecule has 2 bridgehead atoms. The summed E-state index contributed by atoms with van der Waals surface area (Å²) in [6, 6.07) is 8.03. The van der Waals surface area contributed by atoms with E-state index in [1.54, 1.807) is 7.11 Å². The number of rotatable bonds is 10. The topological polar surface area (TPSA) is 68.4 Å². The fourth-order valence-electron chi connectivity index (χ4n) is 6.65. The molecule has 3 aliphatic rings. The SMILES string of the molecule is CCCN(CCC)C(=O)C1=C(C(=O)OCC2CO2)[C@@]2(C)C(C)=C(c3ccc(OC)cc3)[C@]1(C)C2(C)C. The molecule has 3 atom stereocenters. The largest absolute Gasteiger partial charge is 0.497 e. The third kappa shape index (κ3) is 3.63. The lowest BCUT2D eigenvalue weighted by molar-refractivity contribution is -0.141. The number of carbonyl (C=O) groups excluding carboxylic acids is 2. The number of hydrogen-bond acceptors (Lipinski definition) is 5. The third-order valence-corrected chi connectivity index (χ3v) is 9.25. The van der Waals surface area contributed by atoms with Crippen LogP contribution in [0.25, 0.3) is 5.57 Å². The number of fused-ring (bicyclic) bond motifs is 2. The number of amides is 1. The third-order valence-electron chi connectivity index (χ3n) is 9.25. The molecule has 1 unspecified atom stereocenters. The number of hydrogen-bond donors (Lipinski definition) is 0. The van der Waals surface area contributed by atoms with E-state index in [1.807, 2.05) is 17.0 Å². The Bertz CT molecular complexity index is 1100. The van der Waals surface area contributed by atoms with Crippen molar-refractivity contribution in [3.63, 3.8) is 0 Å². The first-order valence-corrected chi connectivity index (χ1v) is 13.2. The lowest BCUT2D eigenvalue weighted by Gasteiger charge is -2.43. The standard InChI is InChI=1S/C30H41NO5/c1-9-15-31(16-10-2)26(32)24-25(27(33)36-18-22-17-35-22)29(6)19(3)23(30(24,7)28(29,4)5)20-11-13-21(34-8)14-12-20/h11-14,22H,9-10,15-18H2,1-8H3/t22?,29-,30+/m1/s1. The van der Waals surface area contributed by atoms with Crippen LogP contribution < -0.4 is 4.74 Å². The first kappa shape index (κ1) is 26.5. The first-order chi connectivity index (χ1) is 17.0. The van der Waals surface area contributed by atoms with Gasteiger partial charge in [-0.25, -0.2) is 4.79 Å². The smallest absolute Gasteiger partial charge is 0.335 e. The van der Waals surface area contributed by atoms with Crippen LogP contribution in [0.4, 0.5) is 0 Å². The first-order valence-electron chi connectivity index (χ1n) is 13.2. The Balaban J connectivity index is 1.92. The van der Waals surface area contributed by atoms with Crippen LogP contribution >= 0.6 is 0 Å². The maximum Gasteiger partial charge on any atom is 0.335 e. The quantitative estimate of drug-likeness (QED) is 0.320. The van der Waals surface area contributed by atoms with Gasteiger partial charge in [0.25, 0.3) is 5.91 Å². The van der Waals surface area contributed by atoms with Gasteiger partial charge in [0, 0.05) is 29.5 Å². The second kappa shape index (κ2) is 9.37. The van der Waals surface area contributed by atoms with E-state index in [4.69, 9.17) is 14.2 Å². The highest BCUT2D eigenvalue weighted by atomic mass is 16.6. The summed E-state index contributed by atoms with van der Waals surface area (Å²) in [5, 5.41) is 0. The van der Waals surface area contributed by atoms with Gasteiger partial charge in [-0.2, -0.15) is 0 Å². The van der Waals surface area contributed by atoms with Crippen molar-refractivity contribution in [2.24, 2.45) is 16.2 Å². The average Bonchev–Trinajstić information content (AvgIpc) is 3.65. The predicted octanol–water partition coefficient (Wildman–Crippen LogP) is 5.42. The minimum absolute atomic E-state index is 0.0353. The molecule has 4 rings (SSSR count). The van der Waals surface area contributed by atoms with Crippen molar-refractivity contribution >= 4 is 17.4 Å². The van der Waals surface area contributed by atoms with E-state index in [-0.39, 0.29) is 18.6 Å². The molecule has 0 saturated carbocycles. The molecule has 196 valence electrons. The maximum atomic E-state index is 14.4. The number of nitrogens with zero attached hydrogens (tertiary/aromatic N) is 1. The molecule has 6 heteroatoms. The van der Waals surface area contributed by atoms with Gasteiger partial charge in [-0.1, -0.05) is 59.2 Å². The molecule has 36 heavy (non-hydrogen) atoms. The second-order valence-corrected chi connectivity index (χ2v) is 11.2. The van der Waals surface area contributed by atoms with Crippen LogP contribution in [0.2, 0.25) is 0 Å². The lowest BCUT2D eigenvalue weighted by atomic mass is 9.59. The number of ether oxygens (including phenoxy) is 3. The van der Waals surface area contributed by atoms with Crippen molar-refractivity contribution in [2.45, 2.75) is 67.4 Å². The fraction of sp³-hybridized carbons (Fsp3) is 0.600. The van der Waals surface area contributed by atoms with Gasteiger partial charge in [-0.15, -0.1) is 0 Å². The highest BCUT2D eigenvalue weighted by molar-refractivity contribution is 6.11. The van der Waals surface area contributed by atoms with Crippen molar-refractivity contribution in [3.05, 3.63) is 46.5 Å². The molecule has 1 aromatic carbocycles. The maximum absolute atomic E-state index is 14.4. The van der Waals surface area contributed by atoms with Crippen molar-refractivity contribution in [1.29, 1.82) is 0 Å². The van der Waals surface area contributed by atoms with Crippen LogP contribution in [0.5, 0.6) is 5.75 Å². The zero-order chi connectivity index (χ0) is 26.5. The van der Waals surface area contributed by atoms with E-state index in [0.29, 0.717) is 30.8 Å². The molecule has 0 aromatic heterocycles. The zero-order valence-corrected chi connectivity index (χ0v) is 23.1. The molecule has 1 aromatic rings. The van der Waals surface area contributed by atoms with Gasteiger partial charge in [0.2, 0.25) is 0 Å². The number of esters is 1. The Morgan fingerprint density at radius 1 is 1.00 bits per heavy atom. The van der Waals surface area contributed by atoms with E-state index in [1.165, 1.54) is 0 Å². The Hall–Kier alpha value is -2.60. The summed E-state index contributed by atoms with van der Waals surface area (Å²) in [6.45, 7) is 17.1. The number of epoxide rings is 1. The minimum Gasteiger partial charge on any atom is -0.497 e. The van der Waals surface area contributed by atoms with E-state index < -0.39 is 22.2 Å². The molecule has 0 N–H and O–H groups in total. The van der Waals surface area contributed by atoms with Crippen LogP contribution in [-0.2, 0) is 19.1 Å². The highest BCUT2D eigenvalue weighted by Crippen LogP contribution is 2.78. The fourth-order valence-corrected chi connectivity index (χ4v) is 6.65. The zero-order valence-electron chi connectivity index (χ0n) is 23.1. The molecule has 2 aliphatic carbocycles. The summed E-state index contributed by atoms with van der Waals surface area (Å²) in [4.78, 5) is 30.1. The number of allylic oxidation sites excluding steroid dienone is 2. The summed E-state index contributed by atoms with van der Waals surface area (Å²) >= 11 is 0. The molecule has 1 amide bonds. The molecule has 0 radical (unpaired) electrons. The lowest BCUT2D eigenvalue weighted by Crippen LogP contribution is -2.42.